The summed E-state index contributed by atoms with van der Waals surface area (Å²) in [4.78, 5) is 22.6. The van der Waals surface area contributed by atoms with Gasteiger partial charge in [0.25, 0.3) is 0 Å². The Morgan fingerprint density at radius 2 is 2.16 bits per heavy atom. The Balaban J connectivity index is 2.03. The molecule has 1 aliphatic rings. The van der Waals surface area contributed by atoms with Crippen molar-refractivity contribution in [2.75, 3.05) is 19.9 Å². The summed E-state index contributed by atoms with van der Waals surface area (Å²) >= 11 is 1.35. The quantitative estimate of drug-likeness (QED) is 0.800. The monoisotopic (exact) mass is 377 g/mol. The maximum absolute atomic E-state index is 12.2. The van der Waals surface area contributed by atoms with Crippen LogP contribution in [-0.2, 0) is 20.7 Å². The van der Waals surface area contributed by atoms with Crippen LogP contribution >= 0.6 is 11.8 Å². The second-order valence-corrected chi connectivity index (χ2v) is 6.44. The highest BCUT2D eigenvalue weighted by atomic mass is 32.2. The zero-order valence-electron chi connectivity index (χ0n) is 13.7. The van der Waals surface area contributed by atoms with Crippen molar-refractivity contribution in [1.82, 2.24) is 5.32 Å². The molecule has 0 aliphatic carbocycles. The number of alkyl halides is 3. The fourth-order valence-electron chi connectivity index (χ4n) is 2.55. The Bertz CT molecular complexity index is 651. The van der Waals surface area contributed by atoms with Crippen LogP contribution in [0.2, 0.25) is 0 Å². The number of benzene rings is 1. The molecular formula is C16H18F3NO4S. The second kappa shape index (κ2) is 7.99. The van der Waals surface area contributed by atoms with Gasteiger partial charge in [-0.1, -0.05) is 12.1 Å². The van der Waals surface area contributed by atoms with Gasteiger partial charge in [0.05, 0.1) is 13.7 Å². The predicted octanol–water partition coefficient (Wildman–Crippen LogP) is 2.64. The molecule has 0 saturated carbocycles. The van der Waals surface area contributed by atoms with Gasteiger partial charge in [-0.15, -0.1) is 11.8 Å². The zero-order chi connectivity index (χ0) is 18.6. The zero-order valence-corrected chi connectivity index (χ0v) is 14.5. The van der Waals surface area contributed by atoms with Crippen LogP contribution in [0.4, 0.5) is 13.2 Å². The van der Waals surface area contributed by atoms with Gasteiger partial charge in [-0.25, -0.2) is 0 Å². The van der Waals surface area contributed by atoms with Crippen LogP contribution in [0.15, 0.2) is 18.2 Å². The number of hydrogen-bond acceptors (Lipinski definition) is 5. The lowest BCUT2D eigenvalue weighted by Crippen LogP contribution is -2.43. The maximum Gasteiger partial charge on any atom is 0.471 e. The van der Waals surface area contributed by atoms with Crippen LogP contribution in [0.3, 0.4) is 0 Å². The van der Waals surface area contributed by atoms with Gasteiger partial charge in [0.2, 0.25) is 0 Å². The summed E-state index contributed by atoms with van der Waals surface area (Å²) < 4.78 is 47.0. The first kappa shape index (κ1) is 19.4. The summed E-state index contributed by atoms with van der Waals surface area (Å²) in [6.45, 7) is -0.213. The molecule has 1 unspecified atom stereocenters. The molecule has 5 nitrogen and oxygen atoms in total. The molecule has 1 aromatic rings. The lowest BCUT2D eigenvalue weighted by atomic mass is 9.98. The number of amides is 1. The number of methoxy groups -OCH3 is 1. The van der Waals surface area contributed by atoms with E-state index in [0.29, 0.717) is 18.6 Å². The van der Waals surface area contributed by atoms with Gasteiger partial charge >= 0.3 is 18.1 Å². The molecule has 9 heteroatoms. The molecule has 1 amide bonds. The van der Waals surface area contributed by atoms with Crippen LogP contribution in [0.1, 0.15) is 22.8 Å². The third-order valence-electron chi connectivity index (χ3n) is 3.82. The topological polar surface area (TPSA) is 64.6 Å². The number of nitrogens with one attached hydrogen (secondary N) is 1. The highest BCUT2D eigenvalue weighted by molar-refractivity contribution is 7.99. The fraction of sp³-hybridized carbons (Fsp3) is 0.500. The van der Waals surface area contributed by atoms with E-state index < -0.39 is 23.4 Å². The summed E-state index contributed by atoms with van der Waals surface area (Å²) in [5.41, 5.74) is 1.66. The SMILES string of the molecule is COC(=O)C(SC)c1ccc2c(c1)CC[C@H](CNC(=O)C(F)(F)F)O2. The first-order valence-electron chi connectivity index (χ1n) is 7.51. The summed E-state index contributed by atoms with van der Waals surface area (Å²) in [7, 11) is 1.33. The minimum atomic E-state index is -4.90. The lowest BCUT2D eigenvalue weighted by molar-refractivity contribution is -0.173. The number of carbonyl (C=O) groups excluding carboxylic acids is 2. The van der Waals surface area contributed by atoms with Crippen molar-refractivity contribution in [3.8, 4) is 5.75 Å². The average molecular weight is 377 g/mol. The van der Waals surface area contributed by atoms with Crippen molar-refractivity contribution in [1.29, 1.82) is 0 Å². The molecular weight excluding hydrogens is 359 g/mol. The number of fused-ring (bicyclic) bond motifs is 1. The molecule has 0 aromatic heterocycles. The highest BCUT2D eigenvalue weighted by Gasteiger charge is 2.39. The predicted molar refractivity (Wildman–Crippen MR) is 86.5 cm³/mol. The summed E-state index contributed by atoms with van der Waals surface area (Å²) in [6.07, 6.45) is -2.57. The van der Waals surface area contributed by atoms with Gasteiger partial charge in [-0.05, 0) is 36.3 Å². The van der Waals surface area contributed by atoms with Crippen molar-refractivity contribution >= 4 is 23.6 Å². The van der Waals surface area contributed by atoms with Gasteiger partial charge in [0.1, 0.15) is 17.1 Å². The average Bonchev–Trinajstić information content (AvgIpc) is 2.59. The van der Waals surface area contributed by atoms with Gasteiger partial charge in [0.15, 0.2) is 0 Å². The van der Waals surface area contributed by atoms with Gasteiger partial charge in [0, 0.05) is 0 Å². The first-order chi connectivity index (χ1) is 11.8. The molecule has 25 heavy (non-hydrogen) atoms. The highest BCUT2D eigenvalue weighted by Crippen LogP contribution is 2.34. The normalized spacial score (nSPS) is 17.9. The first-order valence-corrected chi connectivity index (χ1v) is 8.80. The van der Waals surface area contributed by atoms with E-state index in [0.717, 1.165) is 11.1 Å². The minimum absolute atomic E-state index is 0.213. The molecule has 0 radical (unpaired) electrons. The third kappa shape index (κ3) is 4.81. The molecule has 0 bridgehead atoms. The molecule has 0 spiro atoms. The molecule has 2 atom stereocenters. The second-order valence-electron chi connectivity index (χ2n) is 5.49. The van der Waals surface area contributed by atoms with Crippen molar-refractivity contribution in [2.24, 2.45) is 0 Å². The largest absolute Gasteiger partial charge is 0.488 e. The summed E-state index contributed by atoms with van der Waals surface area (Å²) in [5.74, 6) is -1.78. The number of ether oxygens (including phenoxy) is 2. The molecule has 2 rings (SSSR count). The standard InChI is InChI=1S/C16H18F3NO4S/c1-23-14(21)13(25-2)10-4-6-12-9(7-10)3-5-11(24-12)8-20-15(22)16(17,18)19/h4,6-7,11,13H,3,5,8H2,1-2H3,(H,20,22)/t11-,13?/m1/s1. The molecule has 1 N–H and O–H groups in total. The van der Waals surface area contributed by atoms with Crippen LogP contribution in [0.25, 0.3) is 0 Å². The Kier molecular flexibility index (Phi) is 6.21. The molecule has 138 valence electrons. The Morgan fingerprint density at radius 1 is 1.44 bits per heavy atom. The van der Waals surface area contributed by atoms with Crippen molar-refractivity contribution < 1.29 is 32.2 Å². The van der Waals surface area contributed by atoms with Crippen LogP contribution in [-0.4, -0.2) is 44.1 Å². The summed E-state index contributed by atoms with van der Waals surface area (Å²) in [5, 5.41) is 1.39. The Morgan fingerprint density at radius 3 is 2.76 bits per heavy atom. The van der Waals surface area contributed by atoms with E-state index in [-0.39, 0.29) is 12.5 Å². The van der Waals surface area contributed by atoms with Gasteiger partial charge in [-0.2, -0.15) is 13.2 Å². The van der Waals surface area contributed by atoms with Crippen LogP contribution in [0.5, 0.6) is 5.75 Å². The smallest absolute Gasteiger partial charge is 0.471 e. The van der Waals surface area contributed by atoms with Gasteiger partial charge in [-0.3, -0.25) is 9.59 Å². The number of rotatable bonds is 5. The number of esters is 1. The summed E-state index contributed by atoms with van der Waals surface area (Å²) in [6, 6.07) is 5.26. The van der Waals surface area contributed by atoms with Gasteiger partial charge < -0.3 is 14.8 Å². The Hall–Kier alpha value is -1.90. The minimum Gasteiger partial charge on any atom is -0.488 e. The van der Waals surface area contributed by atoms with Crippen LogP contribution < -0.4 is 10.1 Å². The Labute approximate surface area is 147 Å². The van der Waals surface area contributed by atoms with E-state index in [1.165, 1.54) is 18.9 Å². The van der Waals surface area contributed by atoms with E-state index in [2.05, 4.69) is 0 Å². The molecule has 0 saturated heterocycles. The number of thioether (sulfide) groups is 1. The van der Waals surface area contributed by atoms with E-state index in [1.807, 2.05) is 11.4 Å². The number of carbonyl (C=O) groups is 2. The third-order valence-corrected chi connectivity index (χ3v) is 4.75. The van der Waals surface area contributed by atoms with Crippen molar-refractivity contribution in [3.05, 3.63) is 29.3 Å². The fourth-order valence-corrected chi connectivity index (χ4v) is 3.26. The van der Waals surface area contributed by atoms with E-state index in [4.69, 9.17) is 9.47 Å². The maximum atomic E-state index is 12.2. The van der Waals surface area contributed by atoms with Crippen molar-refractivity contribution in [2.45, 2.75) is 30.4 Å². The van der Waals surface area contributed by atoms with Crippen LogP contribution in [0, 0.1) is 0 Å². The molecule has 1 heterocycles. The molecule has 1 aliphatic heterocycles. The van der Waals surface area contributed by atoms with E-state index in [9.17, 15) is 22.8 Å². The molecule has 1 aromatic carbocycles. The number of aryl methyl sites for hydroxylation is 1. The number of hydrogen-bond donors (Lipinski definition) is 1. The molecule has 0 fully saturated rings. The van der Waals surface area contributed by atoms with E-state index in [1.54, 1.807) is 18.4 Å². The number of halogens is 3. The van der Waals surface area contributed by atoms with E-state index >= 15 is 0 Å². The van der Waals surface area contributed by atoms with Crippen molar-refractivity contribution in [3.63, 3.8) is 0 Å². The lowest BCUT2D eigenvalue weighted by Gasteiger charge is -2.27.